The van der Waals surface area contributed by atoms with E-state index in [-0.39, 0.29) is 11.5 Å². The zero-order valence-electron chi connectivity index (χ0n) is 13.3. The summed E-state index contributed by atoms with van der Waals surface area (Å²) in [6.45, 7) is 6.77. The van der Waals surface area contributed by atoms with Crippen LogP contribution in [0.5, 0.6) is 0 Å². The Kier molecular flexibility index (Phi) is 5.08. The maximum Gasteiger partial charge on any atom is 0.0438 e. The van der Waals surface area contributed by atoms with Crippen molar-refractivity contribution >= 4 is 11.6 Å². The first kappa shape index (κ1) is 16.1. The Morgan fingerprint density at radius 2 is 1.62 bits per heavy atom. The highest BCUT2D eigenvalue weighted by Gasteiger charge is 2.22. The molecule has 1 N–H and O–H groups in total. The molecule has 1 atom stereocenters. The Hall–Kier alpha value is -1.31. The largest absolute Gasteiger partial charge is 0.313 e. The van der Waals surface area contributed by atoms with Gasteiger partial charge in [-0.15, -0.1) is 0 Å². The monoisotopic (exact) mass is 301 g/mol. The van der Waals surface area contributed by atoms with Crippen molar-refractivity contribution in [3.05, 3.63) is 70.2 Å². The maximum atomic E-state index is 6.31. The van der Waals surface area contributed by atoms with Gasteiger partial charge in [0.25, 0.3) is 0 Å². The van der Waals surface area contributed by atoms with Gasteiger partial charge in [-0.2, -0.15) is 0 Å². The van der Waals surface area contributed by atoms with Crippen molar-refractivity contribution in [1.82, 2.24) is 5.32 Å². The average Bonchev–Trinajstić information content (AvgIpc) is 2.45. The van der Waals surface area contributed by atoms with Crippen LogP contribution in [0.4, 0.5) is 0 Å². The Labute approximate surface area is 133 Å². The number of hydrogen-bond donors (Lipinski definition) is 1. The van der Waals surface area contributed by atoms with Crippen molar-refractivity contribution in [3.8, 4) is 0 Å². The van der Waals surface area contributed by atoms with Crippen LogP contribution < -0.4 is 5.32 Å². The van der Waals surface area contributed by atoms with Gasteiger partial charge in [-0.3, -0.25) is 0 Å². The molecule has 2 aromatic rings. The smallest absolute Gasteiger partial charge is 0.0438 e. The molecule has 0 aliphatic heterocycles. The number of nitrogens with one attached hydrogen (secondary N) is 1. The summed E-state index contributed by atoms with van der Waals surface area (Å²) in [4.78, 5) is 0. The lowest BCUT2D eigenvalue weighted by molar-refractivity contribution is 0.539. The fourth-order valence-corrected chi connectivity index (χ4v) is 2.95. The topological polar surface area (TPSA) is 12.0 Å². The van der Waals surface area contributed by atoms with Crippen LogP contribution in [0.3, 0.4) is 0 Å². The van der Waals surface area contributed by atoms with Gasteiger partial charge < -0.3 is 5.32 Å². The van der Waals surface area contributed by atoms with E-state index in [9.17, 15) is 0 Å². The van der Waals surface area contributed by atoms with Crippen LogP contribution >= 0.6 is 11.6 Å². The molecule has 2 aromatic carbocycles. The summed E-state index contributed by atoms with van der Waals surface area (Å²) in [6.07, 6.45) is 0.892. The normalized spacial score (nSPS) is 13.2. The van der Waals surface area contributed by atoms with Crippen LogP contribution in [0.25, 0.3) is 0 Å². The second kappa shape index (κ2) is 6.64. The lowest BCUT2D eigenvalue weighted by atomic mass is 9.81. The maximum absolute atomic E-state index is 6.31. The van der Waals surface area contributed by atoms with E-state index >= 15 is 0 Å². The molecule has 0 aromatic heterocycles. The summed E-state index contributed by atoms with van der Waals surface area (Å²) in [6, 6.07) is 17.0. The van der Waals surface area contributed by atoms with E-state index in [2.05, 4.69) is 56.4 Å². The summed E-state index contributed by atoms with van der Waals surface area (Å²) in [5, 5.41) is 4.29. The summed E-state index contributed by atoms with van der Waals surface area (Å²) < 4.78 is 0. The minimum absolute atomic E-state index is 0.131. The molecule has 0 aliphatic rings. The van der Waals surface area contributed by atoms with Gasteiger partial charge in [0.15, 0.2) is 0 Å². The van der Waals surface area contributed by atoms with Gasteiger partial charge in [0.1, 0.15) is 0 Å². The Bertz CT molecular complexity index is 599. The molecule has 112 valence electrons. The predicted octanol–water partition coefficient (Wildman–Crippen LogP) is 5.14. The number of likely N-dealkylation sites (N-methyl/N-ethyl adjacent to an activating group) is 1. The SMILES string of the molecule is CNC(Cc1ccccc1Cl)c1ccccc1C(C)(C)C. The molecule has 21 heavy (non-hydrogen) atoms. The first-order chi connectivity index (χ1) is 9.93. The number of hydrogen-bond acceptors (Lipinski definition) is 1. The molecule has 0 bridgehead atoms. The third kappa shape index (κ3) is 3.87. The van der Waals surface area contributed by atoms with Crippen LogP contribution in [0, 0.1) is 0 Å². The summed E-state index contributed by atoms with van der Waals surface area (Å²) in [5.74, 6) is 0. The molecule has 2 rings (SSSR count). The number of halogens is 1. The van der Waals surface area contributed by atoms with Crippen molar-refractivity contribution in [1.29, 1.82) is 0 Å². The summed E-state index contributed by atoms with van der Waals surface area (Å²) >= 11 is 6.31. The summed E-state index contributed by atoms with van der Waals surface area (Å²) in [7, 11) is 2.01. The highest BCUT2D eigenvalue weighted by atomic mass is 35.5. The van der Waals surface area contributed by atoms with Crippen LogP contribution in [0.2, 0.25) is 5.02 Å². The molecule has 0 saturated heterocycles. The van der Waals surface area contributed by atoms with E-state index in [1.165, 1.54) is 16.7 Å². The molecule has 1 unspecified atom stereocenters. The molecule has 0 aliphatic carbocycles. The van der Waals surface area contributed by atoms with E-state index in [0.29, 0.717) is 0 Å². The molecule has 0 heterocycles. The van der Waals surface area contributed by atoms with Crippen LogP contribution in [0.15, 0.2) is 48.5 Å². The van der Waals surface area contributed by atoms with Gasteiger partial charge >= 0.3 is 0 Å². The molecule has 0 radical (unpaired) electrons. The van der Waals surface area contributed by atoms with E-state index in [1.807, 2.05) is 25.2 Å². The van der Waals surface area contributed by atoms with Gasteiger partial charge in [-0.25, -0.2) is 0 Å². The minimum Gasteiger partial charge on any atom is -0.313 e. The van der Waals surface area contributed by atoms with Crippen LogP contribution in [-0.2, 0) is 11.8 Å². The minimum atomic E-state index is 0.131. The fourth-order valence-electron chi connectivity index (χ4n) is 2.74. The molecule has 1 nitrogen and oxygen atoms in total. The van der Waals surface area contributed by atoms with Crippen molar-refractivity contribution in [2.75, 3.05) is 7.05 Å². The van der Waals surface area contributed by atoms with E-state index in [0.717, 1.165) is 11.4 Å². The quantitative estimate of drug-likeness (QED) is 0.824. The lowest BCUT2D eigenvalue weighted by Crippen LogP contribution is -2.24. The second-order valence-electron chi connectivity index (χ2n) is 6.47. The van der Waals surface area contributed by atoms with Crippen molar-refractivity contribution in [3.63, 3.8) is 0 Å². The van der Waals surface area contributed by atoms with Gasteiger partial charge in [0, 0.05) is 11.1 Å². The molecular formula is C19H24ClN. The Morgan fingerprint density at radius 3 is 2.24 bits per heavy atom. The van der Waals surface area contributed by atoms with Crippen molar-refractivity contribution in [2.24, 2.45) is 0 Å². The zero-order valence-corrected chi connectivity index (χ0v) is 14.0. The fraction of sp³-hybridized carbons (Fsp3) is 0.368. The molecule has 0 saturated carbocycles. The van der Waals surface area contributed by atoms with Gasteiger partial charge in [0.2, 0.25) is 0 Å². The van der Waals surface area contributed by atoms with Gasteiger partial charge in [-0.1, -0.05) is 74.8 Å². The first-order valence-electron chi connectivity index (χ1n) is 7.43. The summed E-state index contributed by atoms with van der Waals surface area (Å²) in [5.41, 5.74) is 4.05. The Morgan fingerprint density at radius 1 is 1.00 bits per heavy atom. The lowest BCUT2D eigenvalue weighted by Gasteiger charge is -2.27. The van der Waals surface area contributed by atoms with Crippen LogP contribution in [0.1, 0.15) is 43.5 Å². The molecule has 0 amide bonds. The first-order valence-corrected chi connectivity index (χ1v) is 7.81. The number of rotatable bonds is 4. The Balaban J connectivity index is 2.37. The molecule has 0 fully saturated rings. The van der Waals surface area contributed by atoms with E-state index in [4.69, 9.17) is 11.6 Å². The molecular weight excluding hydrogens is 278 g/mol. The average molecular weight is 302 g/mol. The number of benzene rings is 2. The standard InChI is InChI=1S/C19H24ClN/c1-19(2,3)16-11-7-6-10-15(16)18(21-4)13-14-9-5-8-12-17(14)20/h5-12,18,21H,13H2,1-4H3. The van der Waals surface area contributed by atoms with Crippen LogP contribution in [-0.4, -0.2) is 7.05 Å². The third-order valence-electron chi connectivity index (χ3n) is 3.87. The predicted molar refractivity (Wildman–Crippen MR) is 92.1 cm³/mol. The van der Waals surface area contributed by atoms with E-state index in [1.54, 1.807) is 0 Å². The molecule has 0 spiro atoms. The van der Waals surface area contributed by atoms with Crippen molar-refractivity contribution < 1.29 is 0 Å². The highest BCUT2D eigenvalue weighted by Crippen LogP contribution is 2.32. The van der Waals surface area contributed by atoms with E-state index < -0.39 is 0 Å². The second-order valence-corrected chi connectivity index (χ2v) is 6.88. The third-order valence-corrected chi connectivity index (χ3v) is 4.24. The highest BCUT2D eigenvalue weighted by molar-refractivity contribution is 6.31. The van der Waals surface area contributed by atoms with Gasteiger partial charge in [-0.05, 0) is 41.6 Å². The zero-order chi connectivity index (χ0) is 15.5. The van der Waals surface area contributed by atoms with Gasteiger partial charge in [0.05, 0.1) is 0 Å². The van der Waals surface area contributed by atoms with Crippen molar-refractivity contribution in [2.45, 2.75) is 38.6 Å². The molecule has 2 heteroatoms.